The van der Waals surface area contributed by atoms with Crippen LogP contribution < -0.4 is 5.56 Å². The first kappa shape index (κ1) is 18.7. The zero-order valence-electron chi connectivity index (χ0n) is 16.6. The van der Waals surface area contributed by atoms with Crippen LogP contribution in [-0.2, 0) is 26.1 Å². The molecule has 0 radical (unpaired) electrons. The maximum atomic E-state index is 14.3. The molecule has 0 bridgehead atoms. The van der Waals surface area contributed by atoms with Gasteiger partial charge in [0.05, 0.1) is 6.54 Å². The fourth-order valence-electron chi connectivity index (χ4n) is 4.34. The molecule has 0 spiro atoms. The summed E-state index contributed by atoms with van der Waals surface area (Å²) in [6.07, 6.45) is 2.50. The fourth-order valence-corrected chi connectivity index (χ4v) is 4.34. The van der Waals surface area contributed by atoms with Crippen molar-refractivity contribution >= 4 is 11.0 Å². The summed E-state index contributed by atoms with van der Waals surface area (Å²) in [5.41, 5.74) is 4.16. The molecule has 2 aromatic carbocycles. The van der Waals surface area contributed by atoms with Crippen LogP contribution in [0.2, 0.25) is 0 Å². The Morgan fingerprint density at radius 3 is 2.53 bits per heavy atom. The van der Waals surface area contributed by atoms with Crippen molar-refractivity contribution < 1.29 is 4.39 Å². The van der Waals surface area contributed by atoms with Crippen molar-refractivity contribution in [3.63, 3.8) is 0 Å². The largest absolute Gasteiger partial charge is 0.294 e. The van der Waals surface area contributed by atoms with Gasteiger partial charge in [-0.1, -0.05) is 48.5 Å². The van der Waals surface area contributed by atoms with Crippen LogP contribution in [0, 0.1) is 5.82 Å². The maximum Gasteiger partial charge on any atom is 0.257 e. The zero-order chi connectivity index (χ0) is 20.5. The van der Waals surface area contributed by atoms with Gasteiger partial charge in [-0.25, -0.2) is 9.37 Å². The van der Waals surface area contributed by atoms with E-state index in [1.54, 1.807) is 29.0 Å². The third-order valence-electron chi connectivity index (χ3n) is 5.83. The van der Waals surface area contributed by atoms with Gasteiger partial charge in [-0.3, -0.25) is 14.3 Å². The van der Waals surface area contributed by atoms with Crippen LogP contribution in [0.25, 0.3) is 11.0 Å². The van der Waals surface area contributed by atoms with E-state index in [4.69, 9.17) is 0 Å². The molecule has 0 N–H and O–H groups in total. The van der Waals surface area contributed by atoms with E-state index in [0.717, 1.165) is 36.0 Å². The lowest BCUT2D eigenvalue weighted by atomic mass is 9.97. The minimum absolute atomic E-state index is 0.0720. The molecule has 1 aliphatic heterocycles. The van der Waals surface area contributed by atoms with Crippen LogP contribution in [0.3, 0.4) is 0 Å². The smallest absolute Gasteiger partial charge is 0.257 e. The van der Waals surface area contributed by atoms with E-state index in [9.17, 15) is 9.18 Å². The van der Waals surface area contributed by atoms with Crippen molar-refractivity contribution in [1.82, 2.24) is 14.5 Å². The molecule has 3 heterocycles. The number of hydrogen-bond donors (Lipinski definition) is 0. The van der Waals surface area contributed by atoms with E-state index < -0.39 is 0 Å². The van der Waals surface area contributed by atoms with E-state index in [1.165, 1.54) is 11.6 Å². The number of nitrogens with zero attached hydrogens (tertiary/aromatic N) is 3. The Kier molecular flexibility index (Phi) is 4.89. The molecule has 0 aliphatic carbocycles. The normalized spacial score (nSPS) is 14.0. The number of hydrogen-bond acceptors (Lipinski definition) is 3. The molecular weight excluding hydrogens is 377 g/mol. The van der Waals surface area contributed by atoms with Crippen molar-refractivity contribution in [3.05, 3.63) is 111 Å². The molecule has 5 heteroatoms. The summed E-state index contributed by atoms with van der Waals surface area (Å²) < 4.78 is 15.9. The predicted molar refractivity (Wildman–Crippen MR) is 116 cm³/mol. The fraction of sp³-hybridized carbons (Fsp3) is 0.200. The van der Waals surface area contributed by atoms with Gasteiger partial charge in [0.1, 0.15) is 11.5 Å². The van der Waals surface area contributed by atoms with Gasteiger partial charge < -0.3 is 0 Å². The lowest BCUT2D eigenvalue weighted by Gasteiger charge is -2.30. The number of rotatable bonds is 4. The lowest BCUT2D eigenvalue weighted by molar-refractivity contribution is 0.244. The highest BCUT2D eigenvalue weighted by Gasteiger charge is 2.24. The first-order valence-electron chi connectivity index (χ1n) is 10.2. The molecule has 0 atom stereocenters. The van der Waals surface area contributed by atoms with Crippen LogP contribution >= 0.6 is 0 Å². The molecule has 4 nitrogen and oxygen atoms in total. The predicted octanol–water partition coefficient (Wildman–Crippen LogP) is 4.14. The van der Waals surface area contributed by atoms with E-state index in [0.29, 0.717) is 17.8 Å². The average Bonchev–Trinajstić information content (AvgIpc) is 2.78. The Morgan fingerprint density at radius 2 is 1.70 bits per heavy atom. The molecule has 30 heavy (non-hydrogen) atoms. The second-order valence-corrected chi connectivity index (χ2v) is 7.76. The molecule has 0 saturated heterocycles. The third kappa shape index (κ3) is 3.42. The molecule has 1 aliphatic rings. The first-order chi connectivity index (χ1) is 14.7. The number of benzene rings is 2. The number of pyridine rings is 2. The van der Waals surface area contributed by atoms with Gasteiger partial charge in [-0.2, -0.15) is 0 Å². The van der Waals surface area contributed by atoms with Crippen LogP contribution in [0.15, 0.2) is 77.7 Å². The monoisotopic (exact) mass is 399 g/mol. The summed E-state index contributed by atoms with van der Waals surface area (Å²) in [6, 6.07) is 20.8. The second kappa shape index (κ2) is 7.84. The van der Waals surface area contributed by atoms with Gasteiger partial charge in [0.25, 0.3) is 5.56 Å². The van der Waals surface area contributed by atoms with Crippen LogP contribution in [0.4, 0.5) is 4.39 Å². The highest BCUT2D eigenvalue weighted by molar-refractivity contribution is 5.80. The summed E-state index contributed by atoms with van der Waals surface area (Å²) in [7, 11) is 0. The Hall–Kier alpha value is -3.31. The van der Waals surface area contributed by atoms with Gasteiger partial charge in [0.2, 0.25) is 0 Å². The molecule has 4 aromatic rings. The van der Waals surface area contributed by atoms with Gasteiger partial charge in [0.15, 0.2) is 0 Å². The quantitative estimate of drug-likeness (QED) is 0.518. The van der Waals surface area contributed by atoms with Gasteiger partial charge in [-0.15, -0.1) is 0 Å². The summed E-state index contributed by atoms with van der Waals surface area (Å²) in [6.45, 7) is 2.46. The van der Waals surface area contributed by atoms with E-state index in [1.807, 2.05) is 30.3 Å². The van der Waals surface area contributed by atoms with Crippen LogP contribution in [-0.4, -0.2) is 21.0 Å². The van der Waals surface area contributed by atoms with Crippen molar-refractivity contribution in [2.24, 2.45) is 0 Å². The maximum absolute atomic E-state index is 14.3. The Morgan fingerprint density at radius 1 is 0.900 bits per heavy atom. The van der Waals surface area contributed by atoms with Crippen molar-refractivity contribution in [2.45, 2.75) is 26.1 Å². The minimum atomic E-state index is -0.308. The Bertz CT molecular complexity index is 1270. The van der Waals surface area contributed by atoms with Crippen molar-refractivity contribution in [1.29, 1.82) is 0 Å². The summed E-state index contributed by atoms with van der Waals surface area (Å²) in [4.78, 5) is 20.3. The zero-order valence-corrected chi connectivity index (χ0v) is 16.6. The average molecular weight is 399 g/mol. The van der Waals surface area contributed by atoms with Gasteiger partial charge >= 0.3 is 0 Å². The van der Waals surface area contributed by atoms with Gasteiger partial charge in [-0.05, 0) is 35.7 Å². The first-order valence-corrected chi connectivity index (χ1v) is 10.2. The molecule has 0 fully saturated rings. The minimum Gasteiger partial charge on any atom is -0.294 e. The summed E-state index contributed by atoms with van der Waals surface area (Å²) >= 11 is 0. The van der Waals surface area contributed by atoms with Crippen molar-refractivity contribution in [2.75, 3.05) is 6.54 Å². The Labute approximate surface area is 174 Å². The third-order valence-corrected chi connectivity index (χ3v) is 5.83. The van der Waals surface area contributed by atoms with Crippen molar-refractivity contribution in [3.8, 4) is 0 Å². The number of fused-ring (bicyclic) bond motifs is 3. The lowest BCUT2D eigenvalue weighted by Crippen LogP contribution is -2.37. The van der Waals surface area contributed by atoms with E-state index >= 15 is 0 Å². The molecule has 0 amide bonds. The molecule has 0 unspecified atom stereocenters. The highest BCUT2D eigenvalue weighted by atomic mass is 19.1. The standard InChI is InChI=1S/C25H22FN3O/c26-23-11-5-4-9-19(23)16-29-24-21(10-6-13-27-24)20-12-14-28(17-22(20)25(29)30)15-18-7-2-1-3-8-18/h1-11,13H,12,14-17H2. The topological polar surface area (TPSA) is 38.1 Å². The van der Waals surface area contributed by atoms with E-state index in [2.05, 4.69) is 22.0 Å². The van der Waals surface area contributed by atoms with E-state index in [-0.39, 0.29) is 17.9 Å². The summed E-state index contributed by atoms with van der Waals surface area (Å²) in [5, 5.41) is 0.989. The van der Waals surface area contributed by atoms with Crippen LogP contribution in [0.1, 0.15) is 22.3 Å². The molecular formula is C25H22FN3O. The molecule has 2 aromatic heterocycles. The molecule has 0 saturated carbocycles. The number of aromatic nitrogens is 2. The van der Waals surface area contributed by atoms with Crippen LogP contribution in [0.5, 0.6) is 0 Å². The molecule has 5 rings (SSSR count). The second-order valence-electron chi connectivity index (χ2n) is 7.76. The van der Waals surface area contributed by atoms with Gasteiger partial charge in [0, 0.05) is 42.3 Å². The molecule has 150 valence electrons. The SMILES string of the molecule is O=c1c2c(c3cccnc3n1Cc1ccccc1F)CCN(Cc1ccccc1)C2. The highest BCUT2D eigenvalue weighted by Crippen LogP contribution is 2.25. The Balaban J connectivity index is 1.58. The number of halogens is 1. The summed E-state index contributed by atoms with van der Waals surface area (Å²) in [5.74, 6) is -0.308.